The van der Waals surface area contributed by atoms with Crippen LogP contribution in [0.25, 0.3) is 0 Å². The zero-order valence-corrected chi connectivity index (χ0v) is 7.08. The normalized spacial score (nSPS) is 40.9. The SMILES string of the molecule is C[C@@H]1CC[C@@H]2C(=O)OC(=O)[C@@H]2C1. The highest BCUT2D eigenvalue weighted by molar-refractivity contribution is 5.96. The molecule has 1 heterocycles. The average Bonchev–Trinajstić information content (AvgIpc) is 2.28. The van der Waals surface area contributed by atoms with Gasteiger partial charge in [-0.1, -0.05) is 6.92 Å². The van der Waals surface area contributed by atoms with Crippen molar-refractivity contribution < 1.29 is 14.3 Å². The molecule has 3 atom stereocenters. The highest BCUT2D eigenvalue weighted by atomic mass is 16.6. The molecule has 0 amide bonds. The van der Waals surface area contributed by atoms with Crippen LogP contribution in [0.1, 0.15) is 26.2 Å². The maximum Gasteiger partial charge on any atom is 0.317 e. The molecule has 0 spiro atoms. The molecule has 0 N–H and O–H groups in total. The van der Waals surface area contributed by atoms with E-state index in [1.54, 1.807) is 0 Å². The van der Waals surface area contributed by atoms with E-state index in [4.69, 9.17) is 0 Å². The predicted octanol–water partition coefficient (Wildman–Crippen LogP) is 1.12. The first-order valence-electron chi connectivity index (χ1n) is 4.44. The number of cyclic esters (lactones) is 2. The molecule has 1 aliphatic carbocycles. The molecule has 0 aromatic rings. The second-order valence-electron chi connectivity index (χ2n) is 3.87. The Kier molecular flexibility index (Phi) is 1.67. The topological polar surface area (TPSA) is 43.4 Å². The van der Waals surface area contributed by atoms with E-state index in [2.05, 4.69) is 11.7 Å². The van der Waals surface area contributed by atoms with Gasteiger partial charge in [0.25, 0.3) is 0 Å². The van der Waals surface area contributed by atoms with Crippen LogP contribution in [-0.4, -0.2) is 11.9 Å². The van der Waals surface area contributed by atoms with E-state index in [1.807, 2.05) is 0 Å². The largest absolute Gasteiger partial charge is 0.393 e. The number of rotatable bonds is 0. The summed E-state index contributed by atoms with van der Waals surface area (Å²) < 4.78 is 4.58. The molecule has 1 saturated carbocycles. The van der Waals surface area contributed by atoms with Crippen LogP contribution in [0.2, 0.25) is 0 Å². The lowest BCUT2D eigenvalue weighted by Gasteiger charge is -2.24. The fourth-order valence-corrected chi connectivity index (χ4v) is 2.17. The van der Waals surface area contributed by atoms with Crippen LogP contribution in [-0.2, 0) is 14.3 Å². The van der Waals surface area contributed by atoms with Gasteiger partial charge < -0.3 is 4.74 Å². The van der Waals surface area contributed by atoms with Gasteiger partial charge >= 0.3 is 11.9 Å². The molecule has 3 nitrogen and oxygen atoms in total. The fourth-order valence-electron chi connectivity index (χ4n) is 2.17. The molecule has 66 valence electrons. The highest BCUT2D eigenvalue weighted by Crippen LogP contribution is 2.38. The Balaban J connectivity index is 2.17. The summed E-state index contributed by atoms with van der Waals surface area (Å²) in [6.45, 7) is 2.12. The van der Waals surface area contributed by atoms with Crippen LogP contribution in [0.4, 0.5) is 0 Å². The van der Waals surface area contributed by atoms with Crippen molar-refractivity contribution in [1.82, 2.24) is 0 Å². The lowest BCUT2D eigenvalue weighted by atomic mass is 9.76. The van der Waals surface area contributed by atoms with Gasteiger partial charge in [0.1, 0.15) is 0 Å². The molecule has 2 aliphatic rings. The monoisotopic (exact) mass is 168 g/mol. The number of hydrogen-bond donors (Lipinski definition) is 0. The van der Waals surface area contributed by atoms with Crippen LogP contribution in [0, 0.1) is 17.8 Å². The second kappa shape index (κ2) is 2.57. The Morgan fingerprint density at radius 1 is 1.17 bits per heavy atom. The molecular formula is C9H12O3. The third-order valence-electron chi connectivity index (χ3n) is 2.92. The smallest absolute Gasteiger partial charge is 0.317 e. The number of ether oxygens (including phenoxy) is 1. The number of fused-ring (bicyclic) bond motifs is 1. The van der Waals surface area contributed by atoms with Gasteiger partial charge in [0, 0.05) is 0 Å². The number of carbonyl (C=O) groups excluding carboxylic acids is 2. The highest BCUT2D eigenvalue weighted by Gasteiger charge is 2.46. The summed E-state index contributed by atoms with van der Waals surface area (Å²) in [5, 5.41) is 0. The van der Waals surface area contributed by atoms with E-state index >= 15 is 0 Å². The van der Waals surface area contributed by atoms with Crippen LogP contribution in [0.5, 0.6) is 0 Å². The maximum absolute atomic E-state index is 11.1. The summed E-state index contributed by atoms with van der Waals surface area (Å²) >= 11 is 0. The Morgan fingerprint density at radius 2 is 1.83 bits per heavy atom. The van der Waals surface area contributed by atoms with Gasteiger partial charge in [-0.15, -0.1) is 0 Å². The lowest BCUT2D eigenvalue weighted by Crippen LogP contribution is -2.25. The summed E-state index contributed by atoms with van der Waals surface area (Å²) in [4.78, 5) is 22.2. The Bertz CT molecular complexity index is 234. The first kappa shape index (κ1) is 7.77. The summed E-state index contributed by atoms with van der Waals surface area (Å²) in [5.41, 5.74) is 0. The molecule has 1 saturated heterocycles. The molecule has 0 radical (unpaired) electrons. The molecule has 0 aromatic heterocycles. The molecule has 3 heteroatoms. The van der Waals surface area contributed by atoms with Gasteiger partial charge in [-0.05, 0) is 25.2 Å². The van der Waals surface area contributed by atoms with E-state index in [0.29, 0.717) is 5.92 Å². The number of esters is 2. The van der Waals surface area contributed by atoms with Crippen LogP contribution < -0.4 is 0 Å². The van der Waals surface area contributed by atoms with Gasteiger partial charge in [-0.2, -0.15) is 0 Å². The Hall–Kier alpha value is -0.860. The van der Waals surface area contributed by atoms with Crippen molar-refractivity contribution in [3.63, 3.8) is 0 Å². The first-order valence-corrected chi connectivity index (χ1v) is 4.44. The van der Waals surface area contributed by atoms with Crippen LogP contribution in [0.15, 0.2) is 0 Å². The van der Waals surface area contributed by atoms with E-state index in [1.165, 1.54) is 0 Å². The van der Waals surface area contributed by atoms with Gasteiger partial charge in [-0.25, -0.2) is 0 Å². The average molecular weight is 168 g/mol. The summed E-state index contributed by atoms with van der Waals surface area (Å²) in [6, 6.07) is 0. The molecule has 0 aromatic carbocycles. The van der Waals surface area contributed by atoms with Crippen LogP contribution >= 0.6 is 0 Å². The zero-order chi connectivity index (χ0) is 8.72. The summed E-state index contributed by atoms with van der Waals surface area (Å²) in [6.07, 6.45) is 2.70. The van der Waals surface area contributed by atoms with Crippen molar-refractivity contribution in [2.45, 2.75) is 26.2 Å². The second-order valence-corrected chi connectivity index (χ2v) is 3.87. The van der Waals surface area contributed by atoms with Gasteiger partial charge in [0.2, 0.25) is 0 Å². The van der Waals surface area contributed by atoms with Crippen LogP contribution in [0.3, 0.4) is 0 Å². The predicted molar refractivity (Wildman–Crippen MR) is 41.1 cm³/mol. The fraction of sp³-hybridized carbons (Fsp3) is 0.778. The van der Waals surface area contributed by atoms with Crippen molar-refractivity contribution in [2.75, 3.05) is 0 Å². The van der Waals surface area contributed by atoms with Gasteiger partial charge in [0.15, 0.2) is 0 Å². The first-order chi connectivity index (χ1) is 5.68. The minimum absolute atomic E-state index is 0.117. The minimum atomic E-state index is -0.295. The Labute approximate surface area is 71.1 Å². The third-order valence-corrected chi connectivity index (χ3v) is 2.92. The van der Waals surface area contributed by atoms with Gasteiger partial charge in [-0.3, -0.25) is 9.59 Å². The van der Waals surface area contributed by atoms with Crippen molar-refractivity contribution in [1.29, 1.82) is 0 Å². The summed E-state index contributed by atoms with van der Waals surface area (Å²) in [5.74, 6) is -0.270. The number of carbonyl (C=O) groups is 2. The van der Waals surface area contributed by atoms with Gasteiger partial charge in [0.05, 0.1) is 11.8 Å². The third kappa shape index (κ3) is 1.04. The molecule has 0 bridgehead atoms. The molecule has 2 fully saturated rings. The Morgan fingerprint density at radius 3 is 2.58 bits per heavy atom. The molecule has 2 rings (SSSR count). The lowest BCUT2D eigenvalue weighted by molar-refractivity contribution is -0.153. The van der Waals surface area contributed by atoms with Crippen molar-refractivity contribution in [3.8, 4) is 0 Å². The van der Waals surface area contributed by atoms with E-state index in [-0.39, 0.29) is 23.8 Å². The summed E-state index contributed by atoms with van der Waals surface area (Å²) in [7, 11) is 0. The molecular weight excluding hydrogens is 156 g/mol. The molecule has 12 heavy (non-hydrogen) atoms. The number of hydrogen-bond acceptors (Lipinski definition) is 3. The van der Waals surface area contributed by atoms with E-state index in [0.717, 1.165) is 19.3 Å². The molecule has 1 aliphatic heterocycles. The molecule has 0 unspecified atom stereocenters. The quantitative estimate of drug-likeness (QED) is 0.402. The standard InChI is InChI=1S/C9H12O3/c1-5-2-3-6-7(4-5)9(11)12-8(6)10/h5-7H,2-4H2,1H3/t5-,6+,7-/m1/s1. The zero-order valence-electron chi connectivity index (χ0n) is 7.08. The van der Waals surface area contributed by atoms with Crippen molar-refractivity contribution in [2.24, 2.45) is 17.8 Å². The van der Waals surface area contributed by atoms with E-state index in [9.17, 15) is 9.59 Å². The maximum atomic E-state index is 11.1. The van der Waals surface area contributed by atoms with E-state index < -0.39 is 0 Å². The van der Waals surface area contributed by atoms with Crippen molar-refractivity contribution in [3.05, 3.63) is 0 Å². The van der Waals surface area contributed by atoms with Crippen molar-refractivity contribution >= 4 is 11.9 Å². The minimum Gasteiger partial charge on any atom is -0.393 e.